The first kappa shape index (κ1) is 22.1. The van der Waals surface area contributed by atoms with E-state index in [0.717, 1.165) is 51.0 Å². The highest BCUT2D eigenvalue weighted by Crippen LogP contribution is 2.34. The number of hydrogen-bond donors (Lipinski definition) is 0. The molecule has 3 aromatic rings. The quantitative estimate of drug-likeness (QED) is 0.600. The summed E-state index contributed by atoms with van der Waals surface area (Å²) in [6.45, 7) is 7.83. The molecule has 6 heteroatoms. The summed E-state index contributed by atoms with van der Waals surface area (Å²) in [6, 6.07) is 16.9. The highest BCUT2D eigenvalue weighted by atomic mass is 16.5. The Morgan fingerprint density at radius 2 is 1.91 bits per heavy atom. The van der Waals surface area contributed by atoms with Crippen molar-refractivity contribution in [1.29, 1.82) is 0 Å². The Labute approximate surface area is 196 Å². The molecule has 1 atom stereocenters. The third-order valence-electron chi connectivity index (χ3n) is 7.38. The van der Waals surface area contributed by atoms with Gasteiger partial charge in [0.1, 0.15) is 0 Å². The molecule has 33 heavy (non-hydrogen) atoms. The molecule has 2 fully saturated rings. The minimum absolute atomic E-state index is 0.284. The molecule has 1 unspecified atom stereocenters. The summed E-state index contributed by atoms with van der Waals surface area (Å²) < 4.78 is 7.85. The number of nitrogens with zero attached hydrogens (tertiary/aromatic N) is 4. The average molecular weight is 447 g/mol. The molecule has 4 heterocycles. The van der Waals surface area contributed by atoms with Crippen molar-refractivity contribution in [2.24, 2.45) is 11.3 Å². The van der Waals surface area contributed by atoms with Gasteiger partial charge in [0.2, 0.25) is 5.91 Å². The van der Waals surface area contributed by atoms with Crippen LogP contribution >= 0.6 is 0 Å². The maximum atomic E-state index is 13.7. The molecular formula is C27H34N4O2. The monoisotopic (exact) mass is 446 g/mol. The van der Waals surface area contributed by atoms with Crippen LogP contribution in [0.1, 0.15) is 30.9 Å². The predicted molar refractivity (Wildman–Crippen MR) is 129 cm³/mol. The fraction of sp³-hybridized carbons (Fsp3) is 0.481. The third kappa shape index (κ3) is 4.97. The van der Waals surface area contributed by atoms with Gasteiger partial charge in [-0.3, -0.25) is 9.69 Å². The Bertz CT molecular complexity index is 1070. The van der Waals surface area contributed by atoms with E-state index in [2.05, 4.69) is 64.3 Å². The lowest BCUT2D eigenvalue weighted by Crippen LogP contribution is -2.50. The van der Waals surface area contributed by atoms with E-state index in [-0.39, 0.29) is 5.41 Å². The van der Waals surface area contributed by atoms with Gasteiger partial charge in [-0.05, 0) is 55.6 Å². The van der Waals surface area contributed by atoms with Crippen molar-refractivity contribution in [3.8, 4) is 0 Å². The molecular weight excluding hydrogens is 412 g/mol. The van der Waals surface area contributed by atoms with Gasteiger partial charge < -0.3 is 9.64 Å². The first-order valence-electron chi connectivity index (χ1n) is 12.2. The van der Waals surface area contributed by atoms with Gasteiger partial charge in [0.25, 0.3) is 0 Å². The summed E-state index contributed by atoms with van der Waals surface area (Å²) in [5, 5.41) is 4.35. The van der Waals surface area contributed by atoms with Crippen LogP contribution in [0.25, 0.3) is 5.52 Å². The maximum absolute atomic E-state index is 13.7. The van der Waals surface area contributed by atoms with E-state index < -0.39 is 0 Å². The molecule has 0 saturated carbocycles. The van der Waals surface area contributed by atoms with Gasteiger partial charge in [-0.1, -0.05) is 43.3 Å². The van der Waals surface area contributed by atoms with Crippen LogP contribution in [0.15, 0.2) is 60.9 Å². The molecule has 1 aromatic carbocycles. The Kier molecular flexibility index (Phi) is 6.47. The number of ether oxygens (including phenoxy) is 1. The van der Waals surface area contributed by atoms with E-state index in [1.165, 1.54) is 11.1 Å². The highest BCUT2D eigenvalue weighted by Gasteiger charge is 2.40. The summed E-state index contributed by atoms with van der Waals surface area (Å²) in [6.07, 6.45) is 6.53. The number of carbonyl (C=O) groups is 1. The molecule has 0 bridgehead atoms. The number of rotatable bonds is 5. The second kappa shape index (κ2) is 9.65. The lowest BCUT2D eigenvalue weighted by atomic mass is 9.78. The smallest absolute Gasteiger partial charge is 0.228 e. The van der Waals surface area contributed by atoms with Gasteiger partial charge in [0.05, 0.1) is 18.7 Å². The molecule has 2 aliphatic heterocycles. The minimum atomic E-state index is -0.284. The van der Waals surface area contributed by atoms with Crippen LogP contribution in [0, 0.1) is 11.3 Å². The van der Waals surface area contributed by atoms with Gasteiger partial charge in [0.15, 0.2) is 0 Å². The van der Waals surface area contributed by atoms with Crippen LogP contribution in [0.5, 0.6) is 0 Å². The van der Waals surface area contributed by atoms with Gasteiger partial charge in [0, 0.05) is 43.4 Å². The zero-order valence-corrected chi connectivity index (χ0v) is 19.5. The van der Waals surface area contributed by atoms with Gasteiger partial charge in [-0.15, -0.1) is 0 Å². The number of amides is 1. The van der Waals surface area contributed by atoms with Crippen LogP contribution in [0.4, 0.5) is 0 Å². The Hall–Kier alpha value is -2.70. The molecule has 2 saturated heterocycles. The van der Waals surface area contributed by atoms with Crippen molar-refractivity contribution in [2.45, 2.75) is 32.7 Å². The second-order valence-corrected chi connectivity index (χ2v) is 9.91. The van der Waals surface area contributed by atoms with Crippen molar-refractivity contribution in [3.05, 3.63) is 72.1 Å². The molecule has 0 spiro atoms. The SMILES string of the molecule is CC1(C(=O)N2CCOCC(Cc3cccn4nccc34)C2)CCN(Cc2ccccc2)CC1. The number of fused-ring (bicyclic) bond motifs is 1. The molecule has 0 radical (unpaired) electrons. The largest absolute Gasteiger partial charge is 0.379 e. The Balaban J connectivity index is 1.22. The number of aromatic nitrogens is 2. The van der Waals surface area contributed by atoms with Crippen molar-refractivity contribution >= 4 is 11.4 Å². The average Bonchev–Trinajstić information content (AvgIpc) is 3.21. The summed E-state index contributed by atoms with van der Waals surface area (Å²) in [5.41, 5.74) is 3.46. The standard InChI is InChI=1S/C27H34N4O2/c1-27(10-14-29(15-11-27)19-22-6-3-2-4-7-22)26(32)30-16-17-33-21-23(20-30)18-24-8-5-13-31-25(24)9-12-28-31/h2-9,12-13,23H,10-11,14-21H2,1H3. The number of benzene rings is 1. The number of piperidine rings is 1. The van der Waals surface area contributed by atoms with E-state index in [4.69, 9.17) is 4.74 Å². The Morgan fingerprint density at radius 3 is 2.73 bits per heavy atom. The maximum Gasteiger partial charge on any atom is 0.228 e. The second-order valence-electron chi connectivity index (χ2n) is 9.91. The van der Waals surface area contributed by atoms with E-state index >= 15 is 0 Å². The van der Waals surface area contributed by atoms with Crippen LogP contribution < -0.4 is 0 Å². The summed E-state index contributed by atoms with van der Waals surface area (Å²) in [4.78, 5) is 18.3. The first-order chi connectivity index (χ1) is 16.1. The zero-order valence-electron chi connectivity index (χ0n) is 19.5. The molecule has 2 aliphatic rings. The fourth-order valence-corrected chi connectivity index (χ4v) is 5.33. The van der Waals surface area contributed by atoms with Crippen molar-refractivity contribution < 1.29 is 9.53 Å². The first-order valence-corrected chi connectivity index (χ1v) is 12.2. The van der Waals surface area contributed by atoms with Crippen molar-refractivity contribution in [2.75, 3.05) is 39.4 Å². The number of hydrogen-bond acceptors (Lipinski definition) is 4. The van der Waals surface area contributed by atoms with Gasteiger partial charge >= 0.3 is 0 Å². The predicted octanol–water partition coefficient (Wildman–Crippen LogP) is 3.65. The van der Waals surface area contributed by atoms with E-state index in [1.54, 1.807) is 0 Å². The molecule has 0 aliphatic carbocycles. The van der Waals surface area contributed by atoms with Crippen LogP contribution in [0.2, 0.25) is 0 Å². The van der Waals surface area contributed by atoms with Crippen LogP contribution in [0.3, 0.4) is 0 Å². The molecule has 174 valence electrons. The summed E-state index contributed by atoms with van der Waals surface area (Å²) in [5.74, 6) is 0.597. The zero-order chi connectivity index (χ0) is 22.7. The fourth-order valence-electron chi connectivity index (χ4n) is 5.33. The normalized spacial score (nSPS) is 21.7. The van der Waals surface area contributed by atoms with Crippen LogP contribution in [-0.2, 0) is 22.5 Å². The Morgan fingerprint density at radius 1 is 1.09 bits per heavy atom. The number of pyridine rings is 1. The third-order valence-corrected chi connectivity index (χ3v) is 7.38. The lowest BCUT2D eigenvalue weighted by Gasteiger charge is -2.41. The van der Waals surface area contributed by atoms with Crippen molar-refractivity contribution in [3.63, 3.8) is 0 Å². The van der Waals surface area contributed by atoms with Gasteiger partial charge in [-0.25, -0.2) is 4.52 Å². The summed E-state index contributed by atoms with van der Waals surface area (Å²) >= 11 is 0. The van der Waals surface area contributed by atoms with E-state index in [1.807, 2.05) is 23.0 Å². The minimum Gasteiger partial charge on any atom is -0.379 e. The van der Waals surface area contributed by atoms with Crippen LogP contribution in [-0.4, -0.2) is 64.7 Å². The van der Waals surface area contributed by atoms with E-state index in [0.29, 0.717) is 31.6 Å². The molecule has 5 rings (SSSR count). The number of likely N-dealkylation sites (tertiary alicyclic amines) is 1. The highest BCUT2D eigenvalue weighted by molar-refractivity contribution is 5.82. The molecule has 2 aromatic heterocycles. The molecule has 1 amide bonds. The molecule has 0 N–H and O–H groups in total. The van der Waals surface area contributed by atoms with E-state index in [9.17, 15) is 4.79 Å². The van der Waals surface area contributed by atoms with Gasteiger partial charge in [-0.2, -0.15) is 5.10 Å². The molecule has 6 nitrogen and oxygen atoms in total. The lowest BCUT2D eigenvalue weighted by molar-refractivity contribution is -0.144. The van der Waals surface area contributed by atoms with Crippen molar-refractivity contribution in [1.82, 2.24) is 19.4 Å². The topological polar surface area (TPSA) is 50.1 Å². The number of carbonyl (C=O) groups excluding carboxylic acids is 1. The summed E-state index contributed by atoms with van der Waals surface area (Å²) in [7, 11) is 0.